The first-order chi connectivity index (χ1) is 15.5. The Morgan fingerprint density at radius 2 is 1.91 bits per heavy atom. The third-order valence-corrected chi connectivity index (χ3v) is 6.81. The molecule has 1 aliphatic heterocycles. The Labute approximate surface area is 194 Å². The van der Waals surface area contributed by atoms with Crippen LogP contribution in [0.4, 0.5) is 5.82 Å². The predicted molar refractivity (Wildman–Crippen MR) is 128 cm³/mol. The molecule has 3 aromatic heterocycles. The third kappa shape index (κ3) is 4.06. The topological polar surface area (TPSA) is 103 Å². The van der Waals surface area contributed by atoms with Gasteiger partial charge in [0.25, 0.3) is 0 Å². The summed E-state index contributed by atoms with van der Waals surface area (Å²) in [6.07, 6.45) is 6.67. The fourth-order valence-corrected chi connectivity index (χ4v) is 4.34. The highest BCUT2D eigenvalue weighted by Crippen LogP contribution is 2.38. The van der Waals surface area contributed by atoms with Crippen molar-refractivity contribution in [2.75, 3.05) is 5.32 Å². The number of pyridine rings is 3. The van der Waals surface area contributed by atoms with Gasteiger partial charge in [-0.3, -0.25) is 9.97 Å². The third-order valence-electron chi connectivity index (χ3n) is 6.81. The van der Waals surface area contributed by atoms with Crippen LogP contribution in [0, 0.1) is 0 Å². The van der Waals surface area contributed by atoms with E-state index in [9.17, 15) is 4.79 Å². The second-order valence-electron chi connectivity index (χ2n) is 10.5. The minimum Gasteiger partial charge on any atom is -0.455 e. The lowest BCUT2D eigenvalue weighted by Gasteiger charge is -2.36. The van der Waals surface area contributed by atoms with Crippen LogP contribution in [0.3, 0.4) is 0 Å². The Kier molecular flexibility index (Phi) is 4.94. The fourth-order valence-electron chi connectivity index (χ4n) is 4.34. The summed E-state index contributed by atoms with van der Waals surface area (Å²) in [5, 5.41) is 5.55. The number of hydrogen-bond acceptors (Lipinski definition) is 7. The standard InChI is InChI=1S/C26H31N5O2/c1-14-22-18(24(32)33-26(14,4)5)9-8-16(30-22)10-17-11-19-20(12-28-17)23(31-15-6-7-15)29-13-21(19)25(2,3)27/h8-9,11-15H,6-7,10,27H2,1-5H3,(H,29,31)/t14-/m1/s1. The monoisotopic (exact) mass is 445 g/mol. The smallest absolute Gasteiger partial charge is 0.340 e. The van der Waals surface area contributed by atoms with Gasteiger partial charge in [0.2, 0.25) is 0 Å². The highest BCUT2D eigenvalue weighted by Gasteiger charge is 2.40. The second-order valence-corrected chi connectivity index (χ2v) is 10.5. The van der Waals surface area contributed by atoms with E-state index in [1.807, 2.05) is 59.1 Å². The minimum absolute atomic E-state index is 0.00138. The van der Waals surface area contributed by atoms with Crippen LogP contribution in [0.2, 0.25) is 0 Å². The molecule has 0 bridgehead atoms. The molecule has 33 heavy (non-hydrogen) atoms. The summed E-state index contributed by atoms with van der Waals surface area (Å²) >= 11 is 0. The molecule has 3 aromatic rings. The van der Waals surface area contributed by atoms with E-state index in [-0.39, 0.29) is 11.9 Å². The van der Waals surface area contributed by atoms with E-state index in [0.717, 1.165) is 39.2 Å². The Bertz CT molecular complexity index is 1260. The maximum absolute atomic E-state index is 12.4. The largest absolute Gasteiger partial charge is 0.455 e. The number of aromatic nitrogens is 3. The molecule has 1 fully saturated rings. The van der Waals surface area contributed by atoms with E-state index in [2.05, 4.69) is 16.4 Å². The molecular weight excluding hydrogens is 414 g/mol. The molecule has 5 rings (SSSR count). The molecule has 0 unspecified atom stereocenters. The molecule has 1 atom stereocenters. The Balaban J connectivity index is 1.53. The summed E-state index contributed by atoms with van der Waals surface area (Å²) in [5.41, 5.74) is 9.45. The van der Waals surface area contributed by atoms with E-state index in [0.29, 0.717) is 18.0 Å². The molecule has 0 amide bonds. The van der Waals surface area contributed by atoms with E-state index in [1.54, 1.807) is 0 Å². The molecule has 1 aliphatic carbocycles. The van der Waals surface area contributed by atoms with Crippen LogP contribution >= 0.6 is 0 Å². The maximum Gasteiger partial charge on any atom is 0.340 e. The lowest BCUT2D eigenvalue weighted by molar-refractivity contribution is -0.0190. The summed E-state index contributed by atoms with van der Waals surface area (Å²) in [6, 6.07) is 6.30. The zero-order valence-corrected chi connectivity index (χ0v) is 19.9. The van der Waals surface area contributed by atoms with E-state index < -0.39 is 11.1 Å². The molecule has 7 heteroatoms. The minimum atomic E-state index is -0.587. The molecule has 4 heterocycles. The van der Waals surface area contributed by atoms with Gasteiger partial charge in [-0.05, 0) is 69.7 Å². The normalized spacial score (nSPS) is 19.8. The number of hydrogen-bond donors (Lipinski definition) is 2. The van der Waals surface area contributed by atoms with Crippen molar-refractivity contribution in [1.82, 2.24) is 15.0 Å². The van der Waals surface area contributed by atoms with Crippen molar-refractivity contribution in [1.29, 1.82) is 0 Å². The van der Waals surface area contributed by atoms with Gasteiger partial charge in [-0.2, -0.15) is 0 Å². The lowest BCUT2D eigenvalue weighted by atomic mass is 9.84. The number of nitrogens with one attached hydrogen (secondary N) is 1. The average Bonchev–Trinajstić information content (AvgIpc) is 3.55. The lowest BCUT2D eigenvalue weighted by Crippen LogP contribution is -2.39. The van der Waals surface area contributed by atoms with Crippen LogP contribution in [-0.2, 0) is 16.7 Å². The Hall–Kier alpha value is -3.06. The average molecular weight is 446 g/mol. The number of rotatable bonds is 5. The summed E-state index contributed by atoms with van der Waals surface area (Å²) in [7, 11) is 0. The quantitative estimate of drug-likeness (QED) is 0.560. The first kappa shape index (κ1) is 21.8. The molecule has 1 saturated carbocycles. The van der Waals surface area contributed by atoms with Gasteiger partial charge in [-0.15, -0.1) is 0 Å². The number of nitrogens with zero attached hydrogens (tertiary/aromatic N) is 3. The van der Waals surface area contributed by atoms with Crippen LogP contribution < -0.4 is 11.1 Å². The van der Waals surface area contributed by atoms with Gasteiger partial charge in [0.1, 0.15) is 11.4 Å². The number of carbonyl (C=O) groups is 1. The van der Waals surface area contributed by atoms with Gasteiger partial charge in [0.15, 0.2) is 0 Å². The fraction of sp³-hybridized carbons (Fsp3) is 0.462. The first-order valence-electron chi connectivity index (χ1n) is 11.6. The number of cyclic esters (lactones) is 1. The highest BCUT2D eigenvalue weighted by molar-refractivity contribution is 5.94. The molecule has 172 valence electrons. The van der Waals surface area contributed by atoms with Crippen LogP contribution in [0.1, 0.15) is 86.4 Å². The molecule has 0 spiro atoms. The molecule has 0 aromatic carbocycles. The SMILES string of the molecule is C[C@@H]1c2nc(Cc3cc4c(C(C)(C)N)cnc(NC5CC5)c4cn3)ccc2C(=O)OC1(C)C. The second kappa shape index (κ2) is 7.48. The molecular formula is C26H31N5O2. The van der Waals surface area contributed by atoms with Gasteiger partial charge in [-0.1, -0.05) is 6.92 Å². The molecule has 2 aliphatic rings. The molecule has 0 radical (unpaired) electrons. The number of carbonyl (C=O) groups excluding carboxylic acids is 1. The van der Waals surface area contributed by atoms with Crippen molar-refractivity contribution >= 4 is 22.6 Å². The van der Waals surface area contributed by atoms with Crippen molar-refractivity contribution in [3.05, 3.63) is 58.8 Å². The van der Waals surface area contributed by atoms with Crippen molar-refractivity contribution in [2.45, 2.75) is 77.0 Å². The summed E-state index contributed by atoms with van der Waals surface area (Å²) < 4.78 is 5.59. The molecule has 0 saturated heterocycles. The van der Waals surface area contributed by atoms with Crippen LogP contribution in [0.15, 0.2) is 30.6 Å². The number of esters is 1. The number of nitrogens with two attached hydrogens (primary N) is 1. The van der Waals surface area contributed by atoms with Crippen LogP contribution in [0.25, 0.3) is 10.8 Å². The van der Waals surface area contributed by atoms with Crippen molar-refractivity contribution in [3.8, 4) is 0 Å². The summed E-state index contributed by atoms with van der Waals surface area (Å²) in [4.78, 5) is 26.7. The predicted octanol–water partition coefficient (Wildman–Crippen LogP) is 4.44. The number of ether oxygens (including phenoxy) is 1. The Morgan fingerprint density at radius 3 is 2.61 bits per heavy atom. The maximum atomic E-state index is 12.4. The van der Waals surface area contributed by atoms with Crippen LogP contribution in [-0.4, -0.2) is 32.6 Å². The van der Waals surface area contributed by atoms with Gasteiger partial charge < -0.3 is 15.8 Å². The van der Waals surface area contributed by atoms with E-state index in [4.69, 9.17) is 20.4 Å². The van der Waals surface area contributed by atoms with E-state index in [1.165, 1.54) is 12.8 Å². The zero-order valence-electron chi connectivity index (χ0n) is 19.9. The van der Waals surface area contributed by atoms with Gasteiger partial charge in [0, 0.05) is 53.1 Å². The summed E-state index contributed by atoms with van der Waals surface area (Å²) in [6.45, 7) is 9.88. The number of fused-ring (bicyclic) bond motifs is 2. The van der Waals surface area contributed by atoms with Crippen LogP contribution in [0.5, 0.6) is 0 Å². The molecule has 7 nitrogen and oxygen atoms in total. The van der Waals surface area contributed by atoms with Crippen molar-refractivity contribution in [3.63, 3.8) is 0 Å². The zero-order chi connectivity index (χ0) is 23.5. The first-order valence-corrected chi connectivity index (χ1v) is 11.6. The molecule has 3 N–H and O–H groups in total. The van der Waals surface area contributed by atoms with Crippen molar-refractivity contribution < 1.29 is 9.53 Å². The van der Waals surface area contributed by atoms with Gasteiger partial charge in [-0.25, -0.2) is 9.78 Å². The Morgan fingerprint density at radius 1 is 1.15 bits per heavy atom. The summed E-state index contributed by atoms with van der Waals surface area (Å²) in [5.74, 6) is 0.552. The van der Waals surface area contributed by atoms with E-state index >= 15 is 0 Å². The number of anilines is 1. The van der Waals surface area contributed by atoms with Gasteiger partial charge >= 0.3 is 5.97 Å². The van der Waals surface area contributed by atoms with Gasteiger partial charge in [0.05, 0.1) is 11.3 Å². The highest BCUT2D eigenvalue weighted by atomic mass is 16.6. The van der Waals surface area contributed by atoms with Crippen molar-refractivity contribution in [2.24, 2.45) is 5.73 Å².